The summed E-state index contributed by atoms with van der Waals surface area (Å²) >= 11 is 7.26. The average molecular weight is 403 g/mol. The minimum absolute atomic E-state index is 0.0199. The second-order valence-electron chi connectivity index (χ2n) is 5.39. The molecule has 0 aliphatic rings. The third kappa shape index (κ3) is 5.78. The molecule has 0 bridgehead atoms. The largest absolute Gasteiger partial charge is 0.458 e. The summed E-state index contributed by atoms with van der Waals surface area (Å²) in [6, 6.07) is 4.65. The first-order chi connectivity index (χ1) is 11.8. The molecule has 0 aliphatic heterocycles. The first-order valence-corrected chi connectivity index (χ1v) is 10.4. The van der Waals surface area contributed by atoms with Crippen LogP contribution in [0.2, 0.25) is 5.02 Å². The van der Waals surface area contributed by atoms with Crippen molar-refractivity contribution in [3.8, 4) is 0 Å². The Hall–Kier alpha value is -1.48. The molecule has 0 saturated heterocycles. The Kier molecular flexibility index (Phi) is 6.95. The molecule has 6 nitrogen and oxygen atoms in total. The standard InChI is InChI=1S/C16H19ClN2O4S2/c1-3-4-15-18-13(10-24-15)9-23-16(20)11(2)19-25(21,22)14-7-5-12(17)6-8-14/h5-8,10-11,19H,3-4,9H2,1-2H3/t11-/m0/s1. The molecule has 9 heteroatoms. The van der Waals surface area contributed by atoms with Crippen LogP contribution in [0.1, 0.15) is 31.0 Å². The fraction of sp³-hybridized carbons (Fsp3) is 0.375. The SMILES string of the molecule is CCCc1nc(COC(=O)[C@H](C)NS(=O)(=O)c2ccc(Cl)cc2)cs1. The highest BCUT2D eigenvalue weighted by Gasteiger charge is 2.23. The maximum Gasteiger partial charge on any atom is 0.324 e. The molecule has 2 rings (SSSR count). The number of halogens is 1. The van der Waals surface area contributed by atoms with Gasteiger partial charge in [-0.05, 0) is 44.0 Å². The van der Waals surface area contributed by atoms with E-state index in [4.69, 9.17) is 16.3 Å². The first-order valence-electron chi connectivity index (χ1n) is 7.69. The van der Waals surface area contributed by atoms with Crippen LogP contribution in [0.25, 0.3) is 0 Å². The molecule has 0 radical (unpaired) electrons. The van der Waals surface area contributed by atoms with E-state index in [9.17, 15) is 13.2 Å². The van der Waals surface area contributed by atoms with Gasteiger partial charge >= 0.3 is 5.97 Å². The number of aryl methyl sites for hydroxylation is 1. The Morgan fingerprint density at radius 3 is 2.68 bits per heavy atom. The highest BCUT2D eigenvalue weighted by Crippen LogP contribution is 2.15. The molecule has 0 fully saturated rings. The Morgan fingerprint density at radius 2 is 2.04 bits per heavy atom. The minimum Gasteiger partial charge on any atom is -0.458 e. The Bertz CT molecular complexity index is 819. The number of carbonyl (C=O) groups is 1. The van der Waals surface area contributed by atoms with E-state index in [1.807, 2.05) is 5.38 Å². The number of hydrogen-bond donors (Lipinski definition) is 1. The van der Waals surface area contributed by atoms with Crippen molar-refractivity contribution in [2.24, 2.45) is 0 Å². The molecule has 2 aromatic rings. The van der Waals surface area contributed by atoms with Gasteiger partial charge < -0.3 is 4.74 Å². The number of nitrogens with one attached hydrogen (secondary N) is 1. The molecule has 0 saturated carbocycles. The molecular weight excluding hydrogens is 384 g/mol. The normalized spacial score (nSPS) is 12.8. The molecule has 1 aromatic carbocycles. The van der Waals surface area contributed by atoms with E-state index in [2.05, 4.69) is 16.6 Å². The highest BCUT2D eigenvalue weighted by molar-refractivity contribution is 7.89. The predicted octanol–water partition coefficient (Wildman–Crippen LogP) is 3.16. The summed E-state index contributed by atoms with van der Waals surface area (Å²) in [5.41, 5.74) is 0.662. The quantitative estimate of drug-likeness (QED) is 0.685. The van der Waals surface area contributed by atoms with Crippen molar-refractivity contribution in [1.82, 2.24) is 9.71 Å². The van der Waals surface area contributed by atoms with Crippen LogP contribution in [0.5, 0.6) is 0 Å². The van der Waals surface area contributed by atoms with E-state index < -0.39 is 22.0 Å². The van der Waals surface area contributed by atoms with Gasteiger partial charge in [0.15, 0.2) is 0 Å². The molecule has 0 spiro atoms. The van der Waals surface area contributed by atoms with Crippen molar-refractivity contribution in [1.29, 1.82) is 0 Å². The van der Waals surface area contributed by atoms with Crippen molar-refractivity contribution >= 4 is 38.9 Å². The maximum absolute atomic E-state index is 12.2. The maximum atomic E-state index is 12.2. The number of ether oxygens (including phenoxy) is 1. The van der Waals surface area contributed by atoms with E-state index in [0.29, 0.717) is 10.7 Å². The lowest BCUT2D eigenvalue weighted by Crippen LogP contribution is -2.39. The van der Waals surface area contributed by atoms with Gasteiger partial charge in [-0.15, -0.1) is 11.3 Å². The van der Waals surface area contributed by atoms with Crippen molar-refractivity contribution in [3.05, 3.63) is 45.4 Å². The minimum atomic E-state index is -3.83. The van der Waals surface area contributed by atoms with Gasteiger partial charge in [0.2, 0.25) is 10.0 Å². The fourth-order valence-corrected chi connectivity index (χ4v) is 4.18. The third-order valence-electron chi connectivity index (χ3n) is 3.23. The number of aromatic nitrogens is 1. The van der Waals surface area contributed by atoms with Gasteiger partial charge in [-0.3, -0.25) is 4.79 Å². The van der Waals surface area contributed by atoms with Gasteiger partial charge in [0, 0.05) is 10.4 Å². The van der Waals surface area contributed by atoms with Crippen LogP contribution in [0.15, 0.2) is 34.5 Å². The Labute approximate surface area is 156 Å². The molecule has 0 amide bonds. The van der Waals surface area contributed by atoms with Crippen LogP contribution in [0, 0.1) is 0 Å². The van der Waals surface area contributed by atoms with Gasteiger partial charge in [-0.2, -0.15) is 4.72 Å². The topological polar surface area (TPSA) is 85.4 Å². The summed E-state index contributed by atoms with van der Waals surface area (Å²) in [7, 11) is -3.83. The third-order valence-corrected chi connectivity index (χ3v) is 6.00. The van der Waals surface area contributed by atoms with Crippen LogP contribution < -0.4 is 4.72 Å². The lowest BCUT2D eigenvalue weighted by molar-refractivity contribution is -0.146. The van der Waals surface area contributed by atoms with Crippen LogP contribution in [0.3, 0.4) is 0 Å². The van der Waals surface area contributed by atoms with Gasteiger partial charge in [-0.1, -0.05) is 18.5 Å². The summed E-state index contributed by atoms with van der Waals surface area (Å²) in [6.45, 7) is 3.51. The predicted molar refractivity (Wildman–Crippen MR) is 97.1 cm³/mol. The van der Waals surface area contributed by atoms with E-state index in [0.717, 1.165) is 17.8 Å². The summed E-state index contributed by atoms with van der Waals surface area (Å²) in [4.78, 5) is 16.4. The van der Waals surface area contributed by atoms with E-state index >= 15 is 0 Å². The number of rotatable bonds is 8. The van der Waals surface area contributed by atoms with E-state index in [1.54, 1.807) is 0 Å². The summed E-state index contributed by atoms with van der Waals surface area (Å²) in [5, 5.41) is 3.25. The molecule has 1 aromatic heterocycles. The van der Waals surface area contributed by atoms with Crippen LogP contribution in [-0.4, -0.2) is 25.4 Å². The molecule has 25 heavy (non-hydrogen) atoms. The van der Waals surface area contributed by atoms with Crippen molar-refractivity contribution < 1.29 is 17.9 Å². The first kappa shape index (κ1) is 19.8. The van der Waals surface area contributed by atoms with Gasteiger partial charge in [0.25, 0.3) is 0 Å². The summed E-state index contributed by atoms with van der Waals surface area (Å²) < 4.78 is 31.9. The Balaban J connectivity index is 1.91. The Morgan fingerprint density at radius 1 is 1.36 bits per heavy atom. The molecule has 0 unspecified atom stereocenters. The number of sulfonamides is 1. The number of esters is 1. The van der Waals surface area contributed by atoms with Gasteiger partial charge in [-0.25, -0.2) is 13.4 Å². The smallest absolute Gasteiger partial charge is 0.324 e. The molecule has 0 aliphatic carbocycles. The molecule has 1 atom stereocenters. The van der Waals surface area contributed by atoms with Crippen molar-refractivity contribution in [3.63, 3.8) is 0 Å². The number of thiazole rings is 1. The van der Waals surface area contributed by atoms with Crippen LogP contribution >= 0.6 is 22.9 Å². The average Bonchev–Trinajstić information content (AvgIpc) is 3.00. The van der Waals surface area contributed by atoms with Crippen molar-refractivity contribution in [2.45, 2.75) is 44.2 Å². The van der Waals surface area contributed by atoms with Crippen LogP contribution in [0.4, 0.5) is 0 Å². The summed E-state index contributed by atoms with van der Waals surface area (Å²) in [6.07, 6.45) is 1.88. The van der Waals surface area contributed by atoms with Gasteiger partial charge in [0.05, 0.1) is 15.6 Å². The number of benzene rings is 1. The summed E-state index contributed by atoms with van der Waals surface area (Å²) in [5.74, 6) is -0.664. The van der Waals surface area contributed by atoms with Crippen LogP contribution in [-0.2, 0) is 32.6 Å². The highest BCUT2D eigenvalue weighted by atomic mass is 35.5. The van der Waals surface area contributed by atoms with E-state index in [-0.39, 0.29) is 11.5 Å². The monoisotopic (exact) mass is 402 g/mol. The lowest BCUT2D eigenvalue weighted by atomic mass is 10.3. The van der Waals surface area contributed by atoms with Crippen molar-refractivity contribution in [2.75, 3.05) is 0 Å². The van der Waals surface area contributed by atoms with Gasteiger partial charge in [0.1, 0.15) is 12.6 Å². The number of hydrogen-bond acceptors (Lipinski definition) is 6. The zero-order chi connectivity index (χ0) is 18.4. The molecule has 136 valence electrons. The second-order valence-corrected chi connectivity index (χ2v) is 8.48. The van der Waals surface area contributed by atoms with E-state index in [1.165, 1.54) is 42.5 Å². The second kappa shape index (κ2) is 8.75. The zero-order valence-electron chi connectivity index (χ0n) is 13.9. The fourth-order valence-electron chi connectivity index (χ4n) is 1.98. The zero-order valence-corrected chi connectivity index (χ0v) is 16.2. The molecule has 1 heterocycles. The lowest BCUT2D eigenvalue weighted by Gasteiger charge is -2.13. The molecular formula is C16H19ClN2O4S2. The number of carbonyl (C=O) groups excluding carboxylic acids is 1. The molecule has 1 N–H and O–H groups in total. The number of nitrogens with zero attached hydrogens (tertiary/aromatic N) is 1.